The number of carbonyl (C=O) groups excluding carboxylic acids is 1. The molecule has 1 amide bonds. The SMILES string of the molecule is COc1ccc(C(=O)NNc2ccccc2)cc1OC. The van der Waals surface area contributed by atoms with Crippen LogP contribution in [0, 0.1) is 0 Å². The van der Waals surface area contributed by atoms with Crippen molar-refractivity contribution in [3.8, 4) is 11.5 Å². The number of hydrogen-bond acceptors (Lipinski definition) is 4. The van der Waals surface area contributed by atoms with Crippen molar-refractivity contribution in [3.63, 3.8) is 0 Å². The van der Waals surface area contributed by atoms with Gasteiger partial charge in [0.05, 0.1) is 19.9 Å². The molecule has 2 rings (SSSR count). The smallest absolute Gasteiger partial charge is 0.269 e. The highest BCUT2D eigenvalue weighted by Gasteiger charge is 2.10. The zero-order valence-electron chi connectivity index (χ0n) is 11.3. The van der Waals surface area contributed by atoms with Crippen LogP contribution in [0.25, 0.3) is 0 Å². The highest BCUT2D eigenvalue weighted by atomic mass is 16.5. The molecule has 0 saturated carbocycles. The van der Waals surface area contributed by atoms with Gasteiger partial charge in [0, 0.05) is 5.56 Å². The molecule has 0 aromatic heterocycles. The number of hydrazine groups is 1. The van der Waals surface area contributed by atoms with Gasteiger partial charge in [0.1, 0.15) is 0 Å². The van der Waals surface area contributed by atoms with Crippen molar-refractivity contribution >= 4 is 11.6 Å². The maximum atomic E-state index is 12.0. The zero-order chi connectivity index (χ0) is 14.4. The Bertz CT molecular complexity index is 585. The average Bonchev–Trinajstić information content (AvgIpc) is 2.52. The highest BCUT2D eigenvalue weighted by molar-refractivity contribution is 5.95. The van der Waals surface area contributed by atoms with Gasteiger partial charge in [-0.1, -0.05) is 18.2 Å². The van der Waals surface area contributed by atoms with Gasteiger partial charge in [0.15, 0.2) is 11.5 Å². The summed E-state index contributed by atoms with van der Waals surface area (Å²) in [6, 6.07) is 14.4. The molecule has 0 atom stereocenters. The van der Waals surface area contributed by atoms with Crippen molar-refractivity contribution in [2.45, 2.75) is 0 Å². The van der Waals surface area contributed by atoms with Gasteiger partial charge in [0.25, 0.3) is 5.91 Å². The van der Waals surface area contributed by atoms with Crippen molar-refractivity contribution < 1.29 is 14.3 Å². The maximum absolute atomic E-state index is 12.0. The number of methoxy groups -OCH3 is 2. The monoisotopic (exact) mass is 272 g/mol. The molecule has 20 heavy (non-hydrogen) atoms. The number of ether oxygens (including phenoxy) is 2. The average molecular weight is 272 g/mol. The number of para-hydroxylation sites is 1. The Hall–Kier alpha value is -2.69. The highest BCUT2D eigenvalue weighted by Crippen LogP contribution is 2.27. The fourth-order valence-corrected chi connectivity index (χ4v) is 1.70. The van der Waals surface area contributed by atoms with Crippen LogP contribution in [0.15, 0.2) is 48.5 Å². The van der Waals surface area contributed by atoms with E-state index in [4.69, 9.17) is 9.47 Å². The number of amides is 1. The van der Waals surface area contributed by atoms with Gasteiger partial charge in [-0.3, -0.25) is 15.6 Å². The van der Waals surface area contributed by atoms with E-state index in [-0.39, 0.29) is 5.91 Å². The predicted molar refractivity (Wildman–Crippen MR) is 77.1 cm³/mol. The molecule has 0 saturated heterocycles. The lowest BCUT2D eigenvalue weighted by atomic mass is 10.2. The van der Waals surface area contributed by atoms with Crippen LogP contribution in [0.5, 0.6) is 11.5 Å². The number of carbonyl (C=O) groups is 1. The fourth-order valence-electron chi connectivity index (χ4n) is 1.70. The van der Waals surface area contributed by atoms with E-state index in [0.717, 1.165) is 5.69 Å². The summed E-state index contributed by atoms with van der Waals surface area (Å²) in [6.45, 7) is 0. The standard InChI is InChI=1S/C15H16N2O3/c1-19-13-9-8-11(10-14(13)20-2)15(18)17-16-12-6-4-3-5-7-12/h3-10,16H,1-2H3,(H,17,18). The normalized spacial score (nSPS) is 9.70. The molecule has 5 nitrogen and oxygen atoms in total. The summed E-state index contributed by atoms with van der Waals surface area (Å²) in [5.74, 6) is 0.842. The van der Waals surface area contributed by atoms with E-state index in [1.54, 1.807) is 25.3 Å². The summed E-state index contributed by atoms with van der Waals surface area (Å²) >= 11 is 0. The van der Waals surface area contributed by atoms with Gasteiger partial charge in [-0.15, -0.1) is 0 Å². The lowest BCUT2D eigenvalue weighted by Crippen LogP contribution is -2.29. The minimum absolute atomic E-state index is 0.255. The van der Waals surface area contributed by atoms with E-state index in [1.165, 1.54) is 7.11 Å². The Labute approximate surface area is 117 Å². The van der Waals surface area contributed by atoms with E-state index >= 15 is 0 Å². The molecule has 2 N–H and O–H groups in total. The molecule has 0 heterocycles. The third kappa shape index (κ3) is 3.20. The fraction of sp³-hybridized carbons (Fsp3) is 0.133. The van der Waals surface area contributed by atoms with Crippen LogP contribution in [0.2, 0.25) is 0 Å². The van der Waals surface area contributed by atoms with Crippen LogP contribution >= 0.6 is 0 Å². The third-order valence-corrected chi connectivity index (χ3v) is 2.74. The second-order valence-corrected chi connectivity index (χ2v) is 4.01. The van der Waals surface area contributed by atoms with Gasteiger partial charge in [-0.2, -0.15) is 0 Å². The Morgan fingerprint density at radius 1 is 0.950 bits per heavy atom. The van der Waals surface area contributed by atoms with Gasteiger partial charge >= 0.3 is 0 Å². The number of anilines is 1. The van der Waals surface area contributed by atoms with Crippen molar-refractivity contribution in [1.29, 1.82) is 0 Å². The summed E-state index contributed by atoms with van der Waals surface area (Å²) in [6.07, 6.45) is 0. The van der Waals surface area contributed by atoms with Crippen LogP contribution < -0.4 is 20.3 Å². The summed E-state index contributed by atoms with van der Waals surface area (Å²) in [5, 5.41) is 0. The molecule has 0 aliphatic carbocycles. The van der Waals surface area contributed by atoms with Gasteiger partial charge in [-0.25, -0.2) is 0 Å². The molecule has 0 fully saturated rings. The van der Waals surface area contributed by atoms with E-state index in [0.29, 0.717) is 17.1 Å². The molecule has 0 aliphatic rings. The molecule has 0 unspecified atom stereocenters. The lowest BCUT2D eigenvalue weighted by Gasteiger charge is -2.11. The van der Waals surface area contributed by atoms with Crippen LogP contribution in [0.3, 0.4) is 0 Å². The Balaban J connectivity index is 2.06. The first-order chi connectivity index (χ1) is 9.74. The van der Waals surface area contributed by atoms with Crippen LogP contribution in [-0.4, -0.2) is 20.1 Å². The van der Waals surface area contributed by atoms with Gasteiger partial charge in [-0.05, 0) is 30.3 Å². The summed E-state index contributed by atoms with van der Waals surface area (Å²) in [4.78, 5) is 12.0. The van der Waals surface area contributed by atoms with Crippen molar-refractivity contribution in [3.05, 3.63) is 54.1 Å². The summed E-state index contributed by atoms with van der Waals surface area (Å²) in [5.41, 5.74) is 6.74. The number of rotatable bonds is 5. The minimum Gasteiger partial charge on any atom is -0.493 e. The molecule has 0 aliphatic heterocycles. The van der Waals surface area contributed by atoms with E-state index < -0.39 is 0 Å². The zero-order valence-corrected chi connectivity index (χ0v) is 11.3. The molecular weight excluding hydrogens is 256 g/mol. The summed E-state index contributed by atoms with van der Waals surface area (Å²) in [7, 11) is 3.08. The van der Waals surface area contributed by atoms with Crippen LogP contribution in [-0.2, 0) is 0 Å². The second-order valence-electron chi connectivity index (χ2n) is 4.01. The Kier molecular flexibility index (Phi) is 4.44. The number of nitrogens with one attached hydrogen (secondary N) is 2. The van der Waals surface area contributed by atoms with Gasteiger partial charge < -0.3 is 9.47 Å². The van der Waals surface area contributed by atoms with Gasteiger partial charge in [0.2, 0.25) is 0 Å². The number of benzene rings is 2. The maximum Gasteiger partial charge on any atom is 0.269 e. The topological polar surface area (TPSA) is 59.6 Å². The molecule has 0 radical (unpaired) electrons. The molecule has 104 valence electrons. The van der Waals surface area contributed by atoms with E-state index in [9.17, 15) is 4.79 Å². The first kappa shape index (κ1) is 13.7. The third-order valence-electron chi connectivity index (χ3n) is 2.74. The molecule has 2 aromatic rings. The van der Waals surface area contributed by atoms with Crippen molar-refractivity contribution in [2.24, 2.45) is 0 Å². The summed E-state index contributed by atoms with van der Waals surface area (Å²) < 4.78 is 10.3. The quantitative estimate of drug-likeness (QED) is 0.821. The van der Waals surface area contributed by atoms with Crippen molar-refractivity contribution in [2.75, 3.05) is 19.6 Å². The Morgan fingerprint density at radius 2 is 1.65 bits per heavy atom. The van der Waals surface area contributed by atoms with E-state index in [1.807, 2.05) is 30.3 Å². The van der Waals surface area contributed by atoms with Crippen LogP contribution in [0.4, 0.5) is 5.69 Å². The molecule has 5 heteroatoms. The molecular formula is C15H16N2O3. The van der Waals surface area contributed by atoms with E-state index in [2.05, 4.69) is 10.9 Å². The first-order valence-corrected chi connectivity index (χ1v) is 6.08. The van der Waals surface area contributed by atoms with Crippen LogP contribution in [0.1, 0.15) is 10.4 Å². The number of hydrogen-bond donors (Lipinski definition) is 2. The second kappa shape index (κ2) is 6.47. The Morgan fingerprint density at radius 3 is 2.30 bits per heavy atom. The van der Waals surface area contributed by atoms with Crippen molar-refractivity contribution in [1.82, 2.24) is 5.43 Å². The molecule has 0 spiro atoms. The molecule has 2 aromatic carbocycles. The largest absolute Gasteiger partial charge is 0.493 e. The predicted octanol–water partition coefficient (Wildman–Crippen LogP) is 2.46. The lowest BCUT2D eigenvalue weighted by molar-refractivity contribution is 0.0962. The molecule has 0 bridgehead atoms. The minimum atomic E-state index is -0.255. The first-order valence-electron chi connectivity index (χ1n) is 6.08.